The summed E-state index contributed by atoms with van der Waals surface area (Å²) in [7, 11) is 0. The molecular weight excluding hydrogens is 272 g/mol. The molecule has 0 aliphatic rings. The molecular formula is C13H17F2NO2S. The summed E-state index contributed by atoms with van der Waals surface area (Å²) < 4.78 is 26.3. The van der Waals surface area contributed by atoms with Gasteiger partial charge in [0.05, 0.1) is 6.42 Å². The van der Waals surface area contributed by atoms with E-state index in [0.29, 0.717) is 12.2 Å². The van der Waals surface area contributed by atoms with E-state index in [9.17, 15) is 13.6 Å². The van der Waals surface area contributed by atoms with Gasteiger partial charge in [0.2, 0.25) is 5.91 Å². The lowest BCUT2D eigenvalue weighted by atomic mass is 10.1. The number of carbonyl (C=O) groups is 1. The second-order valence-electron chi connectivity index (χ2n) is 4.14. The van der Waals surface area contributed by atoms with Crippen LogP contribution < -0.4 is 5.32 Å². The molecule has 1 amide bonds. The predicted octanol–water partition coefficient (Wildman–Crippen LogP) is 1.74. The average Bonchev–Trinajstić information content (AvgIpc) is 2.34. The molecule has 1 rings (SSSR count). The molecule has 3 nitrogen and oxygen atoms in total. The minimum Gasteiger partial charge on any atom is -0.396 e. The van der Waals surface area contributed by atoms with Crippen LogP contribution in [0.5, 0.6) is 0 Å². The van der Waals surface area contributed by atoms with Crippen LogP contribution in [-0.2, 0) is 11.2 Å². The highest BCUT2D eigenvalue weighted by molar-refractivity contribution is 7.98. The van der Waals surface area contributed by atoms with Crippen molar-refractivity contribution in [2.45, 2.75) is 18.9 Å². The van der Waals surface area contributed by atoms with E-state index < -0.39 is 11.6 Å². The molecule has 1 unspecified atom stereocenters. The largest absolute Gasteiger partial charge is 0.396 e. The van der Waals surface area contributed by atoms with Gasteiger partial charge in [0.25, 0.3) is 0 Å². The first-order valence-corrected chi connectivity index (χ1v) is 7.29. The van der Waals surface area contributed by atoms with Crippen molar-refractivity contribution in [3.8, 4) is 0 Å². The minimum atomic E-state index is -0.597. The van der Waals surface area contributed by atoms with Crippen molar-refractivity contribution in [1.82, 2.24) is 5.32 Å². The molecule has 0 spiro atoms. The zero-order valence-electron chi connectivity index (χ0n) is 10.7. The molecule has 0 saturated heterocycles. The molecule has 1 aromatic rings. The number of rotatable bonds is 7. The predicted molar refractivity (Wildman–Crippen MR) is 72.1 cm³/mol. The Morgan fingerprint density at radius 1 is 1.47 bits per heavy atom. The normalized spacial score (nSPS) is 12.2. The molecule has 0 saturated carbocycles. The molecule has 6 heteroatoms. The number of aliphatic hydroxyl groups excluding tert-OH is 1. The fourth-order valence-corrected chi connectivity index (χ4v) is 2.34. The average molecular weight is 289 g/mol. The number of amides is 1. The molecule has 1 atom stereocenters. The topological polar surface area (TPSA) is 49.3 Å². The molecule has 0 aromatic heterocycles. The van der Waals surface area contributed by atoms with Crippen molar-refractivity contribution in [3.05, 3.63) is 35.4 Å². The summed E-state index contributed by atoms with van der Waals surface area (Å²) in [4.78, 5) is 11.7. The van der Waals surface area contributed by atoms with Gasteiger partial charge in [0.15, 0.2) is 0 Å². The Morgan fingerprint density at radius 2 is 2.21 bits per heavy atom. The van der Waals surface area contributed by atoms with Crippen molar-refractivity contribution < 1.29 is 18.7 Å². The van der Waals surface area contributed by atoms with E-state index in [-0.39, 0.29) is 30.5 Å². The minimum absolute atomic E-state index is 0.0279. The van der Waals surface area contributed by atoms with Crippen LogP contribution in [0.2, 0.25) is 0 Å². The van der Waals surface area contributed by atoms with Gasteiger partial charge in [-0.2, -0.15) is 11.8 Å². The Morgan fingerprint density at radius 3 is 2.84 bits per heavy atom. The van der Waals surface area contributed by atoms with E-state index in [1.165, 1.54) is 0 Å². The Bertz CT molecular complexity index is 423. The first-order chi connectivity index (χ1) is 9.06. The fraction of sp³-hybridized carbons (Fsp3) is 0.462. The van der Waals surface area contributed by atoms with Gasteiger partial charge >= 0.3 is 0 Å². The monoisotopic (exact) mass is 289 g/mol. The van der Waals surface area contributed by atoms with Crippen molar-refractivity contribution in [3.63, 3.8) is 0 Å². The summed E-state index contributed by atoms with van der Waals surface area (Å²) >= 11 is 1.54. The highest BCUT2D eigenvalue weighted by Crippen LogP contribution is 2.11. The number of thioether (sulfide) groups is 1. The van der Waals surface area contributed by atoms with Gasteiger partial charge in [-0.25, -0.2) is 8.78 Å². The SMILES string of the molecule is CSCC(CCO)NC(=O)Cc1cc(F)ccc1F. The van der Waals surface area contributed by atoms with Gasteiger partial charge in [-0.15, -0.1) is 0 Å². The van der Waals surface area contributed by atoms with Gasteiger partial charge in [0, 0.05) is 24.0 Å². The zero-order valence-corrected chi connectivity index (χ0v) is 11.5. The van der Waals surface area contributed by atoms with E-state index in [1.54, 1.807) is 11.8 Å². The maximum absolute atomic E-state index is 13.4. The van der Waals surface area contributed by atoms with Crippen LogP contribution in [0, 0.1) is 11.6 Å². The van der Waals surface area contributed by atoms with Crippen LogP contribution in [0.25, 0.3) is 0 Å². The molecule has 0 heterocycles. The molecule has 2 N–H and O–H groups in total. The van der Waals surface area contributed by atoms with Gasteiger partial charge in [0.1, 0.15) is 11.6 Å². The fourth-order valence-electron chi connectivity index (χ4n) is 1.68. The number of hydrogen-bond acceptors (Lipinski definition) is 3. The third-order valence-corrected chi connectivity index (χ3v) is 3.30. The Balaban J connectivity index is 2.60. The zero-order chi connectivity index (χ0) is 14.3. The highest BCUT2D eigenvalue weighted by atomic mass is 32.2. The van der Waals surface area contributed by atoms with Crippen LogP contribution >= 0.6 is 11.8 Å². The summed E-state index contributed by atoms with van der Waals surface area (Å²) in [5.74, 6) is -0.880. The van der Waals surface area contributed by atoms with Crippen molar-refractivity contribution >= 4 is 17.7 Å². The number of carbonyl (C=O) groups excluding carboxylic acids is 1. The Kier molecular flexibility index (Phi) is 6.80. The second kappa shape index (κ2) is 8.12. The lowest BCUT2D eigenvalue weighted by molar-refractivity contribution is -0.121. The van der Waals surface area contributed by atoms with Gasteiger partial charge in [-0.05, 0) is 30.9 Å². The van der Waals surface area contributed by atoms with Gasteiger partial charge < -0.3 is 10.4 Å². The van der Waals surface area contributed by atoms with E-state index in [0.717, 1.165) is 18.2 Å². The van der Waals surface area contributed by atoms with Gasteiger partial charge in [-0.3, -0.25) is 4.79 Å². The molecule has 0 fully saturated rings. The van der Waals surface area contributed by atoms with Crippen LogP contribution in [0.4, 0.5) is 8.78 Å². The molecule has 19 heavy (non-hydrogen) atoms. The summed E-state index contributed by atoms with van der Waals surface area (Å²) in [6.45, 7) is -0.0279. The third-order valence-electron chi connectivity index (χ3n) is 2.57. The first kappa shape index (κ1) is 15.9. The van der Waals surface area contributed by atoms with Crippen molar-refractivity contribution in [1.29, 1.82) is 0 Å². The molecule has 0 aliphatic carbocycles. The number of benzene rings is 1. The van der Waals surface area contributed by atoms with Crippen LogP contribution in [0.3, 0.4) is 0 Å². The van der Waals surface area contributed by atoms with E-state index >= 15 is 0 Å². The molecule has 0 aliphatic heterocycles. The Hall–Kier alpha value is -1.14. The Labute approximate surface area is 115 Å². The van der Waals surface area contributed by atoms with Crippen LogP contribution in [-0.4, -0.2) is 35.7 Å². The maximum Gasteiger partial charge on any atom is 0.224 e. The van der Waals surface area contributed by atoms with Crippen LogP contribution in [0.15, 0.2) is 18.2 Å². The van der Waals surface area contributed by atoms with Crippen molar-refractivity contribution in [2.75, 3.05) is 18.6 Å². The van der Waals surface area contributed by atoms with Crippen molar-refractivity contribution in [2.24, 2.45) is 0 Å². The van der Waals surface area contributed by atoms with E-state index in [2.05, 4.69) is 5.32 Å². The van der Waals surface area contributed by atoms with Gasteiger partial charge in [-0.1, -0.05) is 0 Å². The number of hydrogen-bond donors (Lipinski definition) is 2. The summed E-state index contributed by atoms with van der Waals surface area (Å²) in [6, 6.07) is 2.87. The second-order valence-corrected chi connectivity index (χ2v) is 5.06. The lowest BCUT2D eigenvalue weighted by Gasteiger charge is -2.16. The first-order valence-electron chi connectivity index (χ1n) is 5.90. The summed E-state index contributed by atoms with van der Waals surface area (Å²) in [5, 5.41) is 11.6. The highest BCUT2D eigenvalue weighted by Gasteiger charge is 2.14. The molecule has 0 bridgehead atoms. The molecule has 106 valence electrons. The molecule has 0 radical (unpaired) electrons. The van der Waals surface area contributed by atoms with E-state index in [4.69, 9.17) is 5.11 Å². The van der Waals surface area contributed by atoms with E-state index in [1.807, 2.05) is 6.26 Å². The summed E-state index contributed by atoms with van der Waals surface area (Å²) in [5.41, 5.74) is 0.0319. The van der Waals surface area contributed by atoms with Crippen LogP contribution in [0.1, 0.15) is 12.0 Å². The lowest BCUT2D eigenvalue weighted by Crippen LogP contribution is -2.38. The molecule has 1 aromatic carbocycles. The standard InChI is InChI=1S/C13H17F2NO2S/c1-19-8-11(4-5-17)16-13(18)7-9-6-10(14)2-3-12(9)15/h2-3,6,11,17H,4-5,7-8H2,1H3,(H,16,18). The number of nitrogens with one attached hydrogen (secondary N) is 1. The third kappa shape index (κ3) is 5.57. The maximum atomic E-state index is 13.4. The quantitative estimate of drug-likeness (QED) is 0.804. The smallest absolute Gasteiger partial charge is 0.224 e. The summed E-state index contributed by atoms with van der Waals surface area (Å²) in [6.07, 6.45) is 2.13. The number of halogens is 2. The number of aliphatic hydroxyl groups is 1.